The molecule has 2 aromatic heterocycles. The van der Waals surface area contributed by atoms with Crippen molar-refractivity contribution in [3.05, 3.63) is 41.5 Å². The Morgan fingerprint density at radius 2 is 1.74 bits per heavy atom. The van der Waals surface area contributed by atoms with E-state index in [1.54, 1.807) is 0 Å². The second-order valence-corrected chi connectivity index (χ2v) is 9.22. The van der Waals surface area contributed by atoms with Crippen molar-refractivity contribution < 1.29 is 4.52 Å². The zero-order chi connectivity index (χ0) is 19.8. The van der Waals surface area contributed by atoms with Crippen LogP contribution in [0, 0.1) is 0 Å². The predicted octanol–water partition coefficient (Wildman–Crippen LogP) is 4.32. The lowest BCUT2D eigenvalue weighted by Gasteiger charge is -2.19. The van der Waals surface area contributed by atoms with E-state index in [0.29, 0.717) is 22.7 Å². The van der Waals surface area contributed by atoms with Crippen LogP contribution in [-0.2, 0) is 5.41 Å². The Bertz CT molecular complexity index is 907. The summed E-state index contributed by atoms with van der Waals surface area (Å²) in [5.41, 5.74) is 2.29. The van der Waals surface area contributed by atoms with Crippen molar-refractivity contribution in [2.24, 2.45) is 0 Å². The van der Waals surface area contributed by atoms with E-state index < -0.39 is 0 Å². The van der Waals surface area contributed by atoms with E-state index in [4.69, 9.17) is 10.4 Å². The molecule has 2 heterocycles. The number of thioether (sulfide) groups is 1. The van der Waals surface area contributed by atoms with Crippen molar-refractivity contribution in [1.29, 1.82) is 0 Å². The fourth-order valence-electron chi connectivity index (χ4n) is 2.53. The van der Waals surface area contributed by atoms with Gasteiger partial charge in [0.2, 0.25) is 11.0 Å². The van der Waals surface area contributed by atoms with Gasteiger partial charge in [-0.1, -0.05) is 75.8 Å². The van der Waals surface area contributed by atoms with Crippen LogP contribution in [0.5, 0.6) is 0 Å². The molecule has 7 nitrogen and oxygen atoms in total. The molecule has 0 aliphatic rings. The second kappa shape index (κ2) is 7.34. The lowest BCUT2D eigenvalue weighted by molar-refractivity contribution is 0.373. The third-order valence-corrected chi connectivity index (χ3v) is 5.32. The Morgan fingerprint density at radius 3 is 2.30 bits per heavy atom. The fourth-order valence-corrected chi connectivity index (χ4v) is 3.33. The molecule has 0 saturated heterocycles. The molecular weight excluding hydrogens is 360 g/mol. The predicted molar refractivity (Wildman–Crippen MR) is 107 cm³/mol. The zero-order valence-corrected chi connectivity index (χ0v) is 17.4. The van der Waals surface area contributed by atoms with Gasteiger partial charge in [0, 0.05) is 11.5 Å². The van der Waals surface area contributed by atoms with Crippen molar-refractivity contribution in [3.8, 4) is 11.4 Å². The Hall–Kier alpha value is -2.35. The molecule has 3 rings (SSSR count). The van der Waals surface area contributed by atoms with E-state index in [2.05, 4.69) is 53.2 Å². The molecule has 0 spiro atoms. The molecule has 0 aliphatic heterocycles. The van der Waals surface area contributed by atoms with Crippen molar-refractivity contribution in [1.82, 2.24) is 25.0 Å². The first-order chi connectivity index (χ1) is 12.7. The molecule has 0 radical (unpaired) electrons. The number of hydrogen-bond donors (Lipinski definition) is 1. The summed E-state index contributed by atoms with van der Waals surface area (Å²) in [6.45, 7) is 12.6. The Balaban J connectivity index is 1.78. The molecule has 1 atom stereocenters. The molecule has 0 bridgehead atoms. The summed E-state index contributed by atoms with van der Waals surface area (Å²) in [5.74, 6) is 8.35. The normalized spacial score (nSPS) is 13.3. The van der Waals surface area contributed by atoms with Gasteiger partial charge in [0.25, 0.3) is 0 Å². The van der Waals surface area contributed by atoms with Crippen LogP contribution in [-0.4, -0.2) is 25.0 Å². The first-order valence-corrected chi connectivity index (χ1v) is 9.86. The fraction of sp³-hybridized carbons (Fsp3) is 0.474. The first kappa shape index (κ1) is 19.4. The highest BCUT2D eigenvalue weighted by Gasteiger charge is 2.21. The van der Waals surface area contributed by atoms with E-state index in [1.165, 1.54) is 22.0 Å². The van der Waals surface area contributed by atoms with Gasteiger partial charge in [0.1, 0.15) is 0 Å². The van der Waals surface area contributed by atoms with Gasteiger partial charge in [-0.2, -0.15) is 4.98 Å². The molecule has 0 saturated carbocycles. The largest absolute Gasteiger partial charge is 0.338 e. The molecule has 2 N–H and O–H groups in total. The average Bonchev–Trinajstić information content (AvgIpc) is 3.22. The van der Waals surface area contributed by atoms with Crippen molar-refractivity contribution in [3.63, 3.8) is 0 Å². The summed E-state index contributed by atoms with van der Waals surface area (Å²) in [6.07, 6.45) is 0. The third kappa shape index (κ3) is 4.16. The average molecular weight is 387 g/mol. The molecule has 0 amide bonds. The molecule has 0 aliphatic carbocycles. The molecule has 3 aromatic rings. The minimum absolute atomic E-state index is 0.0763. The van der Waals surface area contributed by atoms with Crippen LogP contribution >= 0.6 is 11.8 Å². The van der Waals surface area contributed by atoms with Crippen molar-refractivity contribution >= 4 is 11.8 Å². The van der Waals surface area contributed by atoms with Gasteiger partial charge in [0.15, 0.2) is 11.6 Å². The third-order valence-electron chi connectivity index (χ3n) is 4.28. The molecule has 144 valence electrons. The van der Waals surface area contributed by atoms with Crippen molar-refractivity contribution in [2.45, 2.75) is 63.3 Å². The minimum atomic E-state index is -0.0763. The van der Waals surface area contributed by atoms with Crippen LogP contribution in [0.3, 0.4) is 0 Å². The molecular formula is C19H26N6OS. The SMILES string of the molecule is CC(C)c1noc(C(C)Sc2nnc(-c3ccc(C(C)(C)C)cc3)n2N)n1. The van der Waals surface area contributed by atoms with Gasteiger partial charge < -0.3 is 10.4 Å². The lowest BCUT2D eigenvalue weighted by atomic mass is 9.87. The number of nitrogens with two attached hydrogens (primary N) is 1. The molecule has 1 aromatic carbocycles. The molecule has 8 heteroatoms. The first-order valence-electron chi connectivity index (χ1n) is 8.98. The number of nitrogen functional groups attached to an aromatic ring is 1. The maximum Gasteiger partial charge on any atom is 0.239 e. The van der Waals surface area contributed by atoms with Crippen LogP contribution in [0.25, 0.3) is 11.4 Å². The van der Waals surface area contributed by atoms with E-state index in [1.807, 2.05) is 32.9 Å². The number of benzene rings is 1. The monoisotopic (exact) mass is 386 g/mol. The van der Waals surface area contributed by atoms with Gasteiger partial charge in [-0.05, 0) is 17.9 Å². The Labute approximate surface area is 163 Å². The highest BCUT2D eigenvalue weighted by Crippen LogP contribution is 2.34. The van der Waals surface area contributed by atoms with E-state index in [9.17, 15) is 0 Å². The molecule has 1 unspecified atom stereocenters. The van der Waals surface area contributed by atoms with Crippen LogP contribution in [0.4, 0.5) is 0 Å². The molecule has 0 fully saturated rings. The highest BCUT2D eigenvalue weighted by atomic mass is 32.2. The van der Waals surface area contributed by atoms with Gasteiger partial charge in [0.05, 0.1) is 5.25 Å². The van der Waals surface area contributed by atoms with E-state index in [0.717, 1.165) is 5.56 Å². The Morgan fingerprint density at radius 1 is 1.07 bits per heavy atom. The summed E-state index contributed by atoms with van der Waals surface area (Å²) < 4.78 is 6.86. The summed E-state index contributed by atoms with van der Waals surface area (Å²) in [4.78, 5) is 4.44. The Kier molecular flexibility index (Phi) is 5.28. The van der Waals surface area contributed by atoms with Crippen molar-refractivity contribution in [2.75, 3.05) is 5.84 Å². The van der Waals surface area contributed by atoms with E-state index in [-0.39, 0.29) is 16.6 Å². The minimum Gasteiger partial charge on any atom is -0.338 e. The zero-order valence-electron chi connectivity index (χ0n) is 16.6. The molecule has 27 heavy (non-hydrogen) atoms. The number of hydrogen-bond acceptors (Lipinski definition) is 7. The summed E-state index contributed by atoms with van der Waals surface area (Å²) in [6, 6.07) is 8.26. The van der Waals surface area contributed by atoms with Crippen LogP contribution < -0.4 is 5.84 Å². The number of aromatic nitrogens is 5. The summed E-state index contributed by atoms with van der Waals surface area (Å²) >= 11 is 1.44. The van der Waals surface area contributed by atoms with Crippen LogP contribution in [0.15, 0.2) is 33.9 Å². The summed E-state index contributed by atoms with van der Waals surface area (Å²) in [7, 11) is 0. The van der Waals surface area contributed by atoms with Gasteiger partial charge in [-0.25, -0.2) is 4.68 Å². The number of nitrogens with zero attached hydrogens (tertiary/aromatic N) is 5. The quantitative estimate of drug-likeness (QED) is 0.515. The van der Waals surface area contributed by atoms with Gasteiger partial charge in [-0.3, -0.25) is 0 Å². The topological polar surface area (TPSA) is 95.7 Å². The van der Waals surface area contributed by atoms with E-state index >= 15 is 0 Å². The van der Waals surface area contributed by atoms with Gasteiger partial charge >= 0.3 is 0 Å². The number of rotatable bonds is 5. The van der Waals surface area contributed by atoms with Crippen LogP contribution in [0.1, 0.15) is 70.0 Å². The standard InChI is InChI=1S/C19H26N6OS/c1-11(2)15-21-17(26-24-15)12(3)27-18-23-22-16(25(18)20)13-7-9-14(10-8-13)19(4,5)6/h7-12H,20H2,1-6H3. The van der Waals surface area contributed by atoms with Crippen LogP contribution in [0.2, 0.25) is 0 Å². The summed E-state index contributed by atoms with van der Waals surface area (Å²) in [5, 5.41) is 13.0. The smallest absolute Gasteiger partial charge is 0.239 e. The van der Waals surface area contributed by atoms with Gasteiger partial charge in [-0.15, -0.1) is 10.2 Å². The maximum absolute atomic E-state index is 6.24. The lowest BCUT2D eigenvalue weighted by Crippen LogP contribution is -2.13. The maximum atomic E-state index is 6.24. The second-order valence-electron chi connectivity index (χ2n) is 7.91. The highest BCUT2D eigenvalue weighted by molar-refractivity contribution is 7.99.